The lowest BCUT2D eigenvalue weighted by Crippen LogP contribution is -2.42. The average Bonchev–Trinajstić information content (AvgIpc) is 2.40. The second kappa shape index (κ2) is 7.17. The van der Waals surface area contributed by atoms with Crippen molar-refractivity contribution in [3.63, 3.8) is 0 Å². The maximum Gasteiger partial charge on any atom is 0.241 e. The summed E-state index contributed by atoms with van der Waals surface area (Å²) < 4.78 is 0. The molecule has 0 aliphatic rings. The van der Waals surface area contributed by atoms with E-state index in [0.29, 0.717) is 5.92 Å². The molecule has 0 saturated carbocycles. The average molecular weight is 248 g/mol. The van der Waals surface area contributed by atoms with Crippen molar-refractivity contribution < 1.29 is 4.79 Å². The molecule has 0 bridgehead atoms. The zero-order valence-electron chi connectivity index (χ0n) is 11.5. The van der Waals surface area contributed by atoms with Crippen LogP contribution >= 0.6 is 0 Å². The summed E-state index contributed by atoms with van der Waals surface area (Å²) in [5.74, 6) is 0.414. The molecule has 1 amide bonds. The van der Waals surface area contributed by atoms with Crippen LogP contribution in [-0.2, 0) is 4.79 Å². The van der Waals surface area contributed by atoms with Crippen LogP contribution in [0.2, 0.25) is 0 Å². The molecule has 0 heterocycles. The Labute approximate surface area is 110 Å². The third kappa shape index (κ3) is 3.84. The fourth-order valence-electron chi connectivity index (χ4n) is 2.24. The summed E-state index contributed by atoms with van der Waals surface area (Å²) in [6.45, 7) is 6.34. The molecule has 18 heavy (non-hydrogen) atoms. The summed E-state index contributed by atoms with van der Waals surface area (Å²) in [7, 11) is 0. The Hall–Kier alpha value is -1.35. The van der Waals surface area contributed by atoms with Crippen LogP contribution < -0.4 is 11.1 Å². The number of carbonyl (C=O) groups excluding carboxylic acids is 1. The highest BCUT2D eigenvalue weighted by Crippen LogP contribution is 2.15. The first-order valence-corrected chi connectivity index (χ1v) is 6.71. The van der Waals surface area contributed by atoms with Crippen LogP contribution in [0.15, 0.2) is 30.3 Å². The Balaban J connectivity index is 2.60. The number of nitrogens with two attached hydrogens (primary N) is 1. The third-order valence-electron chi connectivity index (χ3n) is 3.57. The van der Waals surface area contributed by atoms with Crippen molar-refractivity contribution >= 4 is 5.91 Å². The van der Waals surface area contributed by atoms with Crippen molar-refractivity contribution in [2.24, 2.45) is 11.7 Å². The van der Waals surface area contributed by atoms with Gasteiger partial charge >= 0.3 is 0 Å². The van der Waals surface area contributed by atoms with Crippen LogP contribution in [0.3, 0.4) is 0 Å². The van der Waals surface area contributed by atoms with Crippen molar-refractivity contribution in [3.8, 4) is 0 Å². The zero-order chi connectivity index (χ0) is 13.5. The molecule has 0 aliphatic carbocycles. The molecule has 1 aromatic rings. The molecule has 0 spiro atoms. The van der Waals surface area contributed by atoms with Gasteiger partial charge in [0, 0.05) is 6.04 Å². The highest BCUT2D eigenvalue weighted by Gasteiger charge is 2.20. The van der Waals surface area contributed by atoms with E-state index in [1.54, 1.807) is 0 Å². The zero-order valence-corrected chi connectivity index (χ0v) is 11.5. The lowest BCUT2D eigenvalue weighted by atomic mass is 9.95. The molecule has 1 aromatic carbocycles. The smallest absolute Gasteiger partial charge is 0.241 e. The minimum Gasteiger partial charge on any atom is -0.352 e. The summed E-state index contributed by atoms with van der Waals surface area (Å²) in [6.07, 6.45) is 2.14. The Kier molecular flexibility index (Phi) is 5.86. The maximum atomic E-state index is 12.1. The number of amides is 1. The first kappa shape index (κ1) is 14.7. The van der Waals surface area contributed by atoms with Crippen LogP contribution in [-0.4, -0.2) is 11.9 Å². The Morgan fingerprint density at radius 2 is 1.78 bits per heavy atom. The Morgan fingerprint density at radius 3 is 2.28 bits per heavy atom. The first-order chi connectivity index (χ1) is 8.60. The molecule has 0 aliphatic heterocycles. The standard InChI is InChI=1S/C15H24N2O/c1-4-12(5-2)11(3)17-15(18)14(16)13-9-7-6-8-10-13/h6-12,14H,4-5,16H2,1-3H3,(H,17,18)/t11?,14-/m0/s1. The van der Waals surface area contributed by atoms with Gasteiger partial charge in [-0.05, 0) is 18.4 Å². The lowest BCUT2D eigenvalue weighted by Gasteiger charge is -2.24. The molecule has 1 unspecified atom stereocenters. The van der Waals surface area contributed by atoms with E-state index in [-0.39, 0.29) is 11.9 Å². The van der Waals surface area contributed by atoms with Gasteiger partial charge in [-0.3, -0.25) is 4.79 Å². The van der Waals surface area contributed by atoms with Crippen molar-refractivity contribution in [2.45, 2.75) is 45.7 Å². The number of benzene rings is 1. The van der Waals surface area contributed by atoms with E-state index in [2.05, 4.69) is 19.2 Å². The predicted octanol–water partition coefficient (Wildman–Crippen LogP) is 2.63. The van der Waals surface area contributed by atoms with Gasteiger partial charge in [0.25, 0.3) is 0 Å². The van der Waals surface area contributed by atoms with E-state index in [4.69, 9.17) is 5.73 Å². The van der Waals surface area contributed by atoms with Gasteiger partial charge in [0.1, 0.15) is 6.04 Å². The van der Waals surface area contributed by atoms with Crippen molar-refractivity contribution in [1.29, 1.82) is 0 Å². The largest absolute Gasteiger partial charge is 0.352 e. The molecular weight excluding hydrogens is 224 g/mol. The lowest BCUT2D eigenvalue weighted by molar-refractivity contribution is -0.123. The molecule has 0 radical (unpaired) electrons. The topological polar surface area (TPSA) is 55.1 Å². The predicted molar refractivity (Wildman–Crippen MR) is 75.0 cm³/mol. The van der Waals surface area contributed by atoms with Gasteiger partial charge < -0.3 is 11.1 Å². The van der Waals surface area contributed by atoms with E-state index in [1.807, 2.05) is 37.3 Å². The van der Waals surface area contributed by atoms with Gasteiger partial charge in [-0.15, -0.1) is 0 Å². The minimum absolute atomic E-state index is 0.0967. The molecule has 100 valence electrons. The third-order valence-corrected chi connectivity index (χ3v) is 3.57. The second-order valence-electron chi connectivity index (χ2n) is 4.76. The van der Waals surface area contributed by atoms with Gasteiger partial charge in [0.15, 0.2) is 0 Å². The fourth-order valence-corrected chi connectivity index (χ4v) is 2.24. The van der Waals surface area contributed by atoms with E-state index in [0.717, 1.165) is 18.4 Å². The van der Waals surface area contributed by atoms with Crippen LogP contribution in [0.4, 0.5) is 0 Å². The van der Waals surface area contributed by atoms with Gasteiger partial charge in [-0.1, -0.05) is 57.0 Å². The number of rotatable bonds is 6. The summed E-state index contributed by atoms with van der Waals surface area (Å²) in [4.78, 5) is 12.1. The van der Waals surface area contributed by atoms with Gasteiger partial charge in [-0.2, -0.15) is 0 Å². The minimum atomic E-state index is -0.581. The van der Waals surface area contributed by atoms with Crippen molar-refractivity contribution in [2.75, 3.05) is 0 Å². The van der Waals surface area contributed by atoms with E-state index in [1.165, 1.54) is 0 Å². The molecule has 2 atom stereocenters. The van der Waals surface area contributed by atoms with Crippen LogP contribution in [0.5, 0.6) is 0 Å². The molecule has 0 aromatic heterocycles. The Bertz CT molecular complexity index is 360. The highest BCUT2D eigenvalue weighted by atomic mass is 16.2. The normalized spacial score (nSPS) is 14.3. The van der Waals surface area contributed by atoms with E-state index in [9.17, 15) is 4.79 Å². The summed E-state index contributed by atoms with van der Waals surface area (Å²) in [6, 6.07) is 9.06. The molecule has 3 N–H and O–H groups in total. The SMILES string of the molecule is CCC(CC)C(C)NC(=O)[C@@H](N)c1ccccc1. The van der Waals surface area contributed by atoms with Crippen LogP contribution in [0.25, 0.3) is 0 Å². The number of hydrogen-bond acceptors (Lipinski definition) is 2. The van der Waals surface area contributed by atoms with Gasteiger partial charge in [0.2, 0.25) is 5.91 Å². The number of nitrogens with one attached hydrogen (secondary N) is 1. The van der Waals surface area contributed by atoms with Gasteiger partial charge in [-0.25, -0.2) is 0 Å². The molecule has 3 nitrogen and oxygen atoms in total. The molecule has 1 rings (SSSR count). The quantitative estimate of drug-likeness (QED) is 0.813. The van der Waals surface area contributed by atoms with Crippen molar-refractivity contribution in [1.82, 2.24) is 5.32 Å². The van der Waals surface area contributed by atoms with E-state index < -0.39 is 6.04 Å². The summed E-state index contributed by atoms with van der Waals surface area (Å²) in [5, 5.41) is 3.02. The number of carbonyl (C=O) groups is 1. The summed E-state index contributed by atoms with van der Waals surface area (Å²) in [5.41, 5.74) is 6.81. The molecule has 0 saturated heterocycles. The molecule has 0 fully saturated rings. The second-order valence-corrected chi connectivity index (χ2v) is 4.76. The molecular formula is C15H24N2O. The van der Waals surface area contributed by atoms with Crippen molar-refractivity contribution in [3.05, 3.63) is 35.9 Å². The van der Waals surface area contributed by atoms with Gasteiger partial charge in [0.05, 0.1) is 0 Å². The van der Waals surface area contributed by atoms with Crippen LogP contribution in [0.1, 0.15) is 45.2 Å². The highest BCUT2D eigenvalue weighted by molar-refractivity contribution is 5.83. The first-order valence-electron chi connectivity index (χ1n) is 6.71. The Morgan fingerprint density at radius 1 is 1.22 bits per heavy atom. The fraction of sp³-hybridized carbons (Fsp3) is 0.533. The summed E-state index contributed by atoms with van der Waals surface area (Å²) >= 11 is 0. The maximum absolute atomic E-state index is 12.1. The number of hydrogen-bond donors (Lipinski definition) is 2. The molecule has 3 heteroatoms. The van der Waals surface area contributed by atoms with Crippen LogP contribution in [0, 0.1) is 5.92 Å². The monoisotopic (exact) mass is 248 g/mol. The van der Waals surface area contributed by atoms with E-state index >= 15 is 0 Å².